The molecule has 0 saturated heterocycles. The van der Waals surface area contributed by atoms with Crippen LogP contribution in [0.4, 0.5) is 10.2 Å². The van der Waals surface area contributed by atoms with Gasteiger partial charge in [-0.15, -0.1) is 0 Å². The summed E-state index contributed by atoms with van der Waals surface area (Å²) in [7, 11) is 4.02. The monoisotopic (exact) mass is 197 g/mol. The van der Waals surface area contributed by atoms with Crippen LogP contribution in [-0.4, -0.2) is 36.6 Å². The average molecular weight is 197 g/mol. The number of likely N-dealkylation sites (N-methyl/N-ethyl adjacent to an activating group) is 1. The van der Waals surface area contributed by atoms with E-state index in [1.807, 2.05) is 14.1 Å². The lowest BCUT2D eigenvalue weighted by Gasteiger charge is -2.18. The summed E-state index contributed by atoms with van der Waals surface area (Å²) in [5.74, 6) is 0.400. The van der Waals surface area contributed by atoms with Crippen molar-refractivity contribution < 1.29 is 4.39 Å². The largest absolute Gasteiger partial charge is 0.366 e. The van der Waals surface area contributed by atoms with Crippen molar-refractivity contribution in [2.75, 3.05) is 26.0 Å². The van der Waals surface area contributed by atoms with Crippen molar-refractivity contribution in [1.82, 2.24) is 9.88 Å². The first-order chi connectivity index (χ1) is 6.58. The maximum Gasteiger partial charge on any atom is 0.141 e. The van der Waals surface area contributed by atoms with E-state index in [9.17, 15) is 4.39 Å². The number of anilines is 1. The predicted octanol–water partition coefficient (Wildman–Crippen LogP) is 1.58. The minimum absolute atomic E-state index is 0.294. The van der Waals surface area contributed by atoms with Crippen molar-refractivity contribution >= 4 is 5.82 Å². The molecule has 1 heterocycles. The van der Waals surface area contributed by atoms with E-state index >= 15 is 0 Å². The van der Waals surface area contributed by atoms with Gasteiger partial charge in [0.15, 0.2) is 0 Å². The first-order valence-electron chi connectivity index (χ1n) is 4.61. The van der Waals surface area contributed by atoms with Crippen LogP contribution in [0.5, 0.6) is 0 Å². The van der Waals surface area contributed by atoms with Gasteiger partial charge in [-0.3, -0.25) is 0 Å². The summed E-state index contributed by atoms with van der Waals surface area (Å²) in [4.78, 5) is 6.01. The number of hydrogen-bond acceptors (Lipinski definition) is 3. The third kappa shape index (κ3) is 3.70. The molecule has 1 aromatic heterocycles. The van der Waals surface area contributed by atoms with E-state index in [-0.39, 0.29) is 5.82 Å². The van der Waals surface area contributed by atoms with Gasteiger partial charge >= 0.3 is 0 Å². The highest BCUT2D eigenvalue weighted by Crippen LogP contribution is 2.05. The second-order valence-electron chi connectivity index (χ2n) is 3.67. The number of aromatic nitrogens is 1. The van der Waals surface area contributed by atoms with Crippen molar-refractivity contribution in [3.63, 3.8) is 0 Å². The fourth-order valence-electron chi connectivity index (χ4n) is 1.31. The van der Waals surface area contributed by atoms with Gasteiger partial charge in [-0.05, 0) is 33.2 Å². The molecule has 0 radical (unpaired) electrons. The second-order valence-corrected chi connectivity index (χ2v) is 3.67. The van der Waals surface area contributed by atoms with E-state index < -0.39 is 0 Å². The molecule has 3 nitrogen and oxygen atoms in total. The van der Waals surface area contributed by atoms with Crippen LogP contribution in [0.25, 0.3) is 0 Å². The van der Waals surface area contributed by atoms with Crippen molar-refractivity contribution in [2.45, 2.75) is 13.0 Å². The molecule has 1 N–H and O–H groups in total. The molecule has 78 valence electrons. The molecule has 0 aliphatic rings. The Labute approximate surface area is 84.0 Å². The van der Waals surface area contributed by atoms with Gasteiger partial charge in [0.2, 0.25) is 0 Å². The van der Waals surface area contributed by atoms with E-state index in [4.69, 9.17) is 0 Å². The van der Waals surface area contributed by atoms with Crippen LogP contribution in [0.15, 0.2) is 18.3 Å². The van der Waals surface area contributed by atoms with E-state index in [2.05, 4.69) is 22.1 Å². The Bertz CT molecular complexity index is 271. The quantitative estimate of drug-likeness (QED) is 0.794. The lowest BCUT2D eigenvalue weighted by molar-refractivity contribution is 0.392. The lowest BCUT2D eigenvalue weighted by atomic mass is 10.3. The zero-order chi connectivity index (χ0) is 10.6. The van der Waals surface area contributed by atoms with Crippen molar-refractivity contribution in [3.05, 3.63) is 24.1 Å². The van der Waals surface area contributed by atoms with Crippen LogP contribution in [-0.2, 0) is 0 Å². The van der Waals surface area contributed by atoms with E-state index in [0.717, 1.165) is 6.54 Å². The van der Waals surface area contributed by atoms with Crippen LogP contribution in [0.3, 0.4) is 0 Å². The molecule has 14 heavy (non-hydrogen) atoms. The number of halogens is 1. The zero-order valence-corrected chi connectivity index (χ0v) is 8.79. The van der Waals surface area contributed by atoms with Gasteiger partial charge in [-0.2, -0.15) is 0 Å². The number of nitrogens with zero attached hydrogens (tertiary/aromatic N) is 2. The molecule has 1 rings (SSSR count). The third-order valence-electron chi connectivity index (χ3n) is 1.76. The fourth-order valence-corrected chi connectivity index (χ4v) is 1.31. The summed E-state index contributed by atoms with van der Waals surface area (Å²) in [6, 6.07) is 3.34. The molecule has 4 heteroatoms. The van der Waals surface area contributed by atoms with Gasteiger partial charge in [-0.25, -0.2) is 9.37 Å². The number of nitrogens with one attached hydrogen (secondary N) is 1. The Hall–Kier alpha value is -1.16. The summed E-state index contributed by atoms with van der Waals surface area (Å²) in [6.07, 6.45) is 1.21. The van der Waals surface area contributed by atoms with E-state index in [0.29, 0.717) is 11.9 Å². The minimum atomic E-state index is -0.309. The normalized spacial score (nSPS) is 12.9. The first kappa shape index (κ1) is 10.9. The van der Waals surface area contributed by atoms with Gasteiger partial charge < -0.3 is 10.2 Å². The Morgan fingerprint density at radius 3 is 2.71 bits per heavy atom. The van der Waals surface area contributed by atoms with Crippen molar-refractivity contribution in [1.29, 1.82) is 0 Å². The molecule has 0 aromatic carbocycles. The second kappa shape index (κ2) is 4.91. The van der Waals surface area contributed by atoms with Gasteiger partial charge in [0.1, 0.15) is 11.6 Å². The molecule has 1 atom stereocenters. The molecule has 0 fully saturated rings. The molecule has 0 aliphatic carbocycles. The topological polar surface area (TPSA) is 28.2 Å². The summed E-state index contributed by atoms with van der Waals surface area (Å²) in [5, 5.41) is 3.18. The smallest absolute Gasteiger partial charge is 0.141 e. The molecule has 0 amide bonds. The summed E-state index contributed by atoms with van der Waals surface area (Å²) in [6.45, 7) is 2.98. The summed E-state index contributed by atoms with van der Waals surface area (Å²) >= 11 is 0. The molecule has 0 unspecified atom stereocenters. The van der Waals surface area contributed by atoms with Gasteiger partial charge in [0.25, 0.3) is 0 Å². The first-order valence-corrected chi connectivity index (χ1v) is 4.61. The maximum absolute atomic E-state index is 12.5. The summed E-state index contributed by atoms with van der Waals surface area (Å²) < 4.78 is 12.5. The molecule has 0 bridgehead atoms. The van der Waals surface area contributed by atoms with Crippen LogP contribution >= 0.6 is 0 Å². The average Bonchev–Trinajstić information content (AvgIpc) is 2.07. The Morgan fingerprint density at radius 1 is 1.50 bits per heavy atom. The zero-order valence-electron chi connectivity index (χ0n) is 8.79. The van der Waals surface area contributed by atoms with Crippen molar-refractivity contribution in [2.24, 2.45) is 0 Å². The molecule has 1 aromatic rings. The fraction of sp³-hybridized carbons (Fsp3) is 0.500. The number of hydrogen-bond donors (Lipinski definition) is 1. The van der Waals surface area contributed by atoms with Gasteiger partial charge in [-0.1, -0.05) is 0 Å². The number of pyridine rings is 1. The molecular formula is C10H16FN3. The minimum Gasteiger partial charge on any atom is -0.366 e. The van der Waals surface area contributed by atoms with Crippen LogP contribution in [0.2, 0.25) is 0 Å². The molecule has 0 saturated carbocycles. The van der Waals surface area contributed by atoms with E-state index in [1.165, 1.54) is 12.3 Å². The van der Waals surface area contributed by atoms with Crippen LogP contribution in [0.1, 0.15) is 6.92 Å². The lowest BCUT2D eigenvalue weighted by Crippen LogP contribution is -2.29. The van der Waals surface area contributed by atoms with Crippen molar-refractivity contribution in [3.8, 4) is 0 Å². The van der Waals surface area contributed by atoms with Gasteiger partial charge in [0.05, 0.1) is 6.20 Å². The predicted molar refractivity (Wildman–Crippen MR) is 55.8 cm³/mol. The Morgan fingerprint density at radius 2 is 2.21 bits per heavy atom. The van der Waals surface area contributed by atoms with Crippen LogP contribution in [0, 0.1) is 5.82 Å². The maximum atomic E-state index is 12.5. The highest BCUT2D eigenvalue weighted by atomic mass is 19.1. The molecular weight excluding hydrogens is 181 g/mol. The Kier molecular flexibility index (Phi) is 3.83. The summed E-state index contributed by atoms with van der Waals surface area (Å²) in [5.41, 5.74) is 0. The number of rotatable bonds is 4. The SMILES string of the molecule is C[C@@H](CN(C)C)Nc1ccc(F)cn1. The third-order valence-corrected chi connectivity index (χ3v) is 1.76. The Balaban J connectivity index is 2.47. The van der Waals surface area contributed by atoms with Crippen LogP contribution < -0.4 is 5.32 Å². The standard InChI is InChI=1S/C10H16FN3/c1-8(7-14(2)3)13-10-5-4-9(11)6-12-10/h4-6,8H,7H2,1-3H3,(H,12,13)/t8-/m0/s1. The highest BCUT2D eigenvalue weighted by molar-refractivity contribution is 5.34. The van der Waals surface area contributed by atoms with E-state index in [1.54, 1.807) is 6.07 Å². The van der Waals surface area contributed by atoms with Gasteiger partial charge in [0, 0.05) is 12.6 Å². The highest BCUT2D eigenvalue weighted by Gasteiger charge is 2.03. The molecule has 0 spiro atoms. The molecule has 0 aliphatic heterocycles.